The van der Waals surface area contributed by atoms with E-state index in [1.54, 1.807) is 29.5 Å². The molecule has 0 amide bonds. The molecule has 26 heavy (non-hydrogen) atoms. The van der Waals surface area contributed by atoms with E-state index < -0.39 is 0 Å². The monoisotopic (exact) mass is 369 g/mol. The number of phenolic OH excluding ortho intramolecular Hbond substituents is 1. The fraction of sp³-hybridized carbons (Fsp3) is 0.250. The molecule has 0 radical (unpaired) electrons. The van der Waals surface area contributed by atoms with Crippen LogP contribution in [0.5, 0.6) is 5.75 Å². The Balaban J connectivity index is 1.36. The summed E-state index contributed by atoms with van der Waals surface area (Å²) in [7, 11) is 0. The zero-order valence-corrected chi connectivity index (χ0v) is 15.1. The fourth-order valence-corrected chi connectivity index (χ4v) is 4.03. The third kappa shape index (κ3) is 3.71. The van der Waals surface area contributed by atoms with Crippen LogP contribution in [-0.2, 0) is 6.54 Å². The van der Waals surface area contributed by atoms with Crippen molar-refractivity contribution in [3.05, 3.63) is 65.4 Å². The molecule has 0 atom stereocenters. The van der Waals surface area contributed by atoms with Crippen molar-refractivity contribution in [1.29, 1.82) is 0 Å². The van der Waals surface area contributed by atoms with Crippen molar-refractivity contribution in [2.75, 3.05) is 31.1 Å². The van der Waals surface area contributed by atoms with Crippen LogP contribution >= 0.6 is 11.3 Å². The number of aromatic nitrogens is 1. The highest BCUT2D eigenvalue weighted by Gasteiger charge is 2.20. The van der Waals surface area contributed by atoms with Gasteiger partial charge in [-0.25, -0.2) is 9.37 Å². The highest BCUT2D eigenvalue weighted by atomic mass is 32.1. The van der Waals surface area contributed by atoms with Gasteiger partial charge in [-0.05, 0) is 36.4 Å². The summed E-state index contributed by atoms with van der Waals surface area (Å²) in [5.74, 6) is 0.109. The maximum atomic E-state index is 13.1. The molecule has 1 N–H and O–H groups in total. The molecule has 1 aliphatic heterocycles. The molecule has 1 saturated heterocycles. The van der Waals surface area contributed by atoms with Gasteiger partial charge in [0.15, 0.2) is 0 Å². The van der Waals surface area contributed by atoms with Crippen LogP contribution < -0.4 is 4.90 Å². The summed E-state index contributed by atoms with van der Waals surface area (Å²) in [6, 6.07) is 14.0. The van der Waals surface area contributed by atoms with E-state index in [2.05, 4.69) is 15.2 Å². The standard InChI is InChI=1S/C20H20FN3OS/c21-16-7-5-15(6-8-16)20-22-17(14-26-20)13-23-9-11-24(12-10-23)18-3-1-2-4-19(18)25/h1-8,14,25H,9-13H2. The van der Waals surface area contributed by atoms with Crippen LogP contribution in [0.3, 0.4) is 0 Å². The van der Waals surface area contributed by atoms with Gasteiger partial charge >= 0.3 is 0 Å². The zero-order chi connectivity index (χ0) is 17.9. The normalized spacial score (nSPS) is 15.3. The number of halogens is 1. The minimum atomic E-state index is -0.229. The Morgan fingerprint density at radius 3 is 2.46 bits per heavy atom. The van der Waals surface area contributed by atoms with Crippen LogP contribution in [0.4, 0.5) is 10.1 Å². The zero-order valence-electron chi connectivity index (χ0n) is 14.3. The van der Waals surface area contributed by atoms with E-state index in [1.165, 1.54) is 12.1 Å². The summed E-state index contributed by atoms with van der Waals surface area (Å²) in [5.41, 5.74) is 2.90. The molecular weight excluding hydrogens is 349 g/mol. The number of hydrogen-bond acceptors (Lipinski definition) is 5. The second-order valence-electron chi connectivity index (χ2n) is 6.40. The number of aromatic hydroxyl groups is 1. The molecule has 134 valence electrons. The lowest BCUT2D eigenvalue weighted by atomic mass is 10.2. The molecule has 6 heteroatoms. The molecule has 2 aromatic carbocycles. The van der Waals surface area contributed by atoms with Gasteiger partial charge < -0.3 is 10.0 Å². The average Bonchev–Trinajstić information content (AvgIpc) is 3.12. The van der Waals surface area contributed by atoms with E-state index in [1.807, 2.05) is 18.2 Å². The van der Waals surface area contributed by atoms with Gasteiger partial charge in [0.05, 0.1) is 11.4 Å². The maximum absolute atomic E-state index is 13.1. The first kappa shape index (κ1) is 17.0. The molecule has 0 bridgehead atoms. The van der Waals surface area contributed by atoms with Crippen molar-refractivity contribution in [3.63, 3.8) is 0 Å². The number of thiazole rings is 1. The second kappa shape index (κ2) is 7.43. The van der Waals surface area contributed by atoms with Crippen LogP contribution in [0.15, 0.2) is 53.9 Å². The minimum absolute atomic E-state index is 0.229. The first-order valence-electron chi connectivity index (χ1n) is 8.65. The fourth-order valence-electron chi connectivity index (χ4n) is 3.21. The van der Waals surface area contributed by atoms with Gasteiger partial charge in [-0.3, -0.25) is 4.90 Å². The average molecular weight is 369 g/mol. The van der Waals surface area contributed by atoms with Gasteiger partial charge in [0, 0.05) is 43.7 Å². The van der Waals surface area contributed by atoms with Crippen LogP contribution in [0.2, 0.25) is 0 Å². The number of para-hydroxylation sites is 2. The Labute approximate surface area is 156 Å². The van der Waals surface area contributed by atoms with Gasteiger partial charge in [0.2, 0.25) is 0 Å². The molecule has 2 heterocycles. The number of phenols is 1. The topological polar surface area (TPSA) is 39.6 Å². The van der Waals surface area contributed by atoms with Crippen LogP contribution in [0.25, 0.3) is 10.6 Å². The highest BCUT2D eigenvalue weighted by Crippen LogP contribution is 2.28. The van der Waals surface area contributed by atoms with Crippen LogP contribution in [-0.4, -0.2) is 41.2 Å². The smallest absolute Gasteiger partial charge is 0.138 e. The number of benzene rings is 2. The molecule has 0 aliphatic carbocycles. The highest BCUT2D eigenvalue weighted by molar-refractivity contribution is 7.13. The first-order valence-corrected chi connectivity index (χ1v) is 9.52. The predicted molar refractivity (Wildman–Crippen MR) is 103 cm³/mol. The molecule has 3 aromatic rings. The molecule has 1 aromatic heterocycles. The molecule has 4 rings (SSSR count). The third-order valence-corrected chi connectivity index (χ3v) is 5.56. The Kier molecular flexibility index (Phi) is 4.86. The van der Waals surface area contributed by atoms with Crippen molar-refractivity contribution in [2.24, 2.45) is 0 Å². The van der Waals surface area contributed by atoms with Gasteiger partial charge in [-0.1, -0.05) is 12.1 Å². The third-order valence-electron chi connectivity index (χ3n) is 4.62. The van der Waals surface area contributed by atoms with Crippen molar-refractivity contribution < 1.29 is 9.50 Å². The lowest BCUT2D eigenvalue weighted by Gasteiger charge is -2.36. The molecule has 0 saturated carbocycles. The van der Waals surface area contributed by atoms with E-state index in [-0.39, 0.29) is 5.82 Å². The van der Waals surface area contributed by atoms with Gasteiger partial charge in [0.1, 0.15) is 16.6 Å². The Morgan fingerprint density at radius 2 is 1.73 bits per heavy atom. The first-order chi connectivity index (χ1) is 12.7. The van der Waals surface area contributed by atoms with Crippen LogP contribution in [0, 0.1) is 5.82 Å². The lowest BCUT2D eigenvalue weighted by Crippen LogP contribution is -2.46. The molecule has 1 aliphatic rings. The van der Waals surface area contributed by atoms with Crippen molar-refractivity contribution >= 4 is 17.0 Å². The van der Waals surface area contributed by atoms with Crippen molar-refractivity contribution in [2.45, 2.75) is 6.54 Å². The van der Waals surface area contributed by atoms with E-state index in [0.717, 1.165) is 54.7 Å². The lowest BCUT2D eigenvalue weighted by molar-refractivity contribution is 0.247. The number of nitrogens with zero attached hydrogens (tertiary/aromatic N) is 3. The van der Waals surface area contributed by atoms with E-state index in [9.17, 15) is 9.50 Å². The van der Waals surface area contributed by atoms with Crippen molar-refractivity contribution in [3.8, 4) is 16.3 Å². The summed E-state index contributed by atoms with van der Waals surface area (Å²) in [6.07, 6.45) is 0. The van der Waals surface area contributed by atoms with E-state index in [0.29, 0.717) is 5.75 Å². The molecule has 1 fully saturated rings. The number of anilines is 1. The van der Waals surface area contributed by atoms with Crippen molar-refractivity contribution in [1.82, 2.24) is 9.88 Å². The SMILES string of the molecule is Oc1ccccc1N1CCN(Cc2csc(-c3ccc(F)cc3)n2)CC1. The summed E-state index contributed by atoms with van der Waals surface area (Å²) in [4.78, 5) is 9.29. The maximum Gasteiger partial charge on any atom is 0.138 e. The summed E-state index contributed by atoms with van der Waals surface area (Å²) >= 11 is 1.59. The molecule has 0 unspecified atom stereocenters. The van der Waals surface area contributed by atoms with Gasteiger partial charge in [-0.15, -0.1) is 11.3 Å². The predicted octanol–water partition coefficient (Wildman–Crippen LogP) is 3.98. The Hall–Kier alpha value is -2.44. The molecule has 0 spiro atoms. The van der Waals surface area contributed by atoms with E-state index in [4.69, 9.17) is 4.98 Å². The quantitative estimate of drug-likeness (QED) is 0.755. The molecule has 4 nitrogen and oxygen atoms in total. The van der Waals surface area contributed by atoms with Gasteiger partial charge in [-0.2, -0.15) is 0 Å². The summed E-state index contributed by atoms with van der Waals surface area (Å²) in [5, 5.41) is 13.0. The Morgan fingerprint density at radius 1 is 1.00 bits per heavy atom. The summed E-state index contributed by atoms with van der Waals surface area (Å²) in [6.45, 7) is 4.43. The summed E-state index contributed by atoms with van der Waals surface area (Å²) < 4.78 is 13.1. The molecular formula is C20H20FN3OS. The number of rotatable bonds is 4. The van der Waals surface area contributed by atoms with E-state index >= 15 is 0 Å². The Bertz CT molecular complexity index is 873. The second-order valence-corrected chi connectivity index (χ2v) is 7.26. The largest absolute Gasteiger partial charge is 0.506 e. The minimum Gasteiger partial charge on any atom is -0.506 e. The van der Waals surface area contributed by atoms with Crippen LogP contribution in [0.1, 0.15) is 5.69 Å². The number of piperazine rings is 1. The number of hydrogen-bond donors (Lipinski definition) is 1. The van der Waals surface area contributed by atoms with Gasteiger partial charge in [0.25, 0.3) is 0 Å².